The number of fused-ring (bicyclic) bond motifs is 1. The first kappa shape index (κ1) is 24.3. The van der Waals surface area contributed by atoms with Crippen molar-refractivity contribution in [3.8, 4) is 0 Å². The summed E-state index contributed by atoms with van der Waals surface area (Å²) in [5, 5.41) is 11.1. The molecule has 1 aliphatic heterocycles. The van der Waals surface area contributed by atoms with E-state index in [-0.39, 0.29) is 36.0 Å². The van der Waals surface area contributed by atoms with Gasteiger partial charge in [0.25, 0.3) is 11.8 Å². The molecule has 182 valence electrons. The Labute approximate surface area is 205 Å². The highest BCUT2D eigenvalue weighted by molar-refractivity contribution is 6.30. The van der Waals surface area contributed by atoms with Gasteiger partial charge in [-0.15, -0.1) is 0 Å². The van der Waals surface area contributed by atoms with Gasteiger partial charge in [0.05, 0.1) is 6.54 Å². The van der Waals surface area contributed by atoms with Gasteiger partial charge in [0.15, 0.2) is 5.69 Å². The first-order chi connectivity index (χ1) is 16.3. The van der Waals surface area contributed by atoms with Crippen LogP contribution >= 0.6 is 11.6 Å². The Morgan fingerprint density at radius 3 is 2.59 bits per heavy atom. The first-order valence-corrected chi connectivity index (χ1v) is 12.4. The van der Waals surface area contributed by atoms with Gasteiger partial charge in [-0.05, 0) is 50.3 Å². The molecule has 0 radical (unpaired) electrons. The van der Waals surface area contributed by atoms with Crippen LogP contribution in [-0.4, -0.2) is 57.1 Å². The Hall–Kier alpha value is -2.87. The molecule has 2 aromatic rings. The fraction of sp³-hybridized carbons (Fsp3) is 0.520. The fourth-order valence-corrected chi connectivity index (χ4v) is 4.93. The SMILES string of the molecule is CCCN1C(=O)c2cc(C(=O)NCCc3ccc(Cl)cc3)nn2C[C@]1(C)C(=O)NC1CCCC1. The Morgan fingerprint density at radius 2 is 1.91 bits per heavy atom. The second kappa shape index (κ2) is 10.2. The van der Waals surface area contributed by atoms with Gasteiger partial charge in [-0.25, -0.2) is 0 Å². The van der Waals surface area contributed by atoms with Crippen molar-refractivity contribution in [1.82, 2.24) is 25.3 Å². The molecular formula is C25H32ClN5O3. The summed E-state index contributed by atoms with van der Waals surface area (Å²) in [5.41, 5.74) is 0.513. The quantitative estimate of drug-likeness (QED) is 0.600. The Morgan fingerprint density at radius 1 is 1.21 bits per heavy atom. The highest BCUT2D eigenvalue weighted by Gasteiger charge is 2.48. The third-order valence-electron chi connectivity index (χ3n) is 6.77. The summed E-state index contributed by atoms with van der Waals surface area (Å²) < 4.78 is 1.51. The van der Waals surface area contributed by atoms with Crippen LogP contribution in [0.5, 0.6) is 0 Å². The smallest absolute Gasteiger partial charge is 0.273 e. The van der Waals surface area contributed by atoms with Gasteiger partial charge in [-0.1, -0.05) is 43.5 Å². The third kappa shape index (κ3) is 4.97. The highest BCUT2D eigenvalue weighted by atomic mass is 35.5. The predicted octanol–water partition coefficient (Wildman–Crippen LogP) is 3.19. The molecule has 2 N–H and O–H groups in total. The van der Waals surface area contributed by atoms with Gasteiger partial charge in [0.2, 0.25) is 5.91 Å². The number of nitrogens with zero attached hydrogens (tertiary/aromatic N) is 3. The summed E-state index contributed by atoms with van der Waals surface area (Å²) in [6, 6.07) is 9.15. The zero-order valence-corrected chi connectivity index (χ0v) is 20.5. The molecule has 0 spiro atoms. The lowest BCUT2D eigenvalue weighted by Gasteiger charge is -2.43. The lowest BCUT2D eigenvalue weighted by Crippen LogP contribution is -2.65. The number of hydrogen-bond acceptors (Lipinski definition) is 4. The second-order valence-corrected chi connectivity index (χ2v) is 9.83. The molecule has 4 rings (SSSR count). The van der Waals surface area contributed by atoms with E-state index in [0.29, 0.717) is 30.2 Å². The average molecular weight is 486 g/mol. The standard InChI is InChI=1S/C25H32ClN5O3/c1-3-14-30-23(33)21-15-20(22(32)27-13-12-17-8-10-18(26)11-9-17)29-31(21)16-25(30,2)24(34)28-19-6-4-5-7-19/h8-11,15,19H,3-7,12-14,16H2,1-2H3,(H,27,32)(H,28,34)/t25-/m1/s1. The molecular weight excluding hydrogens is 454 g/mol. The zero-order chi connectivity index (χ0) is 24.3. The molecule has 34 heavy (non-hydrogen) atoms. The van der Waals surface area contributed by atoms with E-state index < -0.39 is 5.54 Å². The van der Waals surface area contributed by atoms with Crippen molar-refractivity contribution in [2.24, 2.45) is 0 Å². The van der Waals surface area contributed by atoms with Crippen molar-refractivity contribution < 1.29 is 14.4 Å². The maximum Gasteiger partial charge on any atom is 0.273 e. The molecule has 1 atom stereocenters. The van der Waals surface area contributed by atoms with Crippen molar-refractivity contribution in [3.05, 3.63) is 52.3 Å². The van der Waals surface area contributed by atoms with E-state index in [2.05, 4.69) is 15.7 Å². The van der Waals surface area contributed by atoms with Crippen LogP contribution in [-0.2, 0) is 17.8 Å². The van der Waals surface area contributed by atoms with Gasteiger partial charge in [0.1, 0.15) is 11.2 Å². The monoisotopic (exact) mass is 485 g/mol. The summed E-state index contributed by atoms with van der Waals surface area (Å²) in [6.45, 7) is 4.88. The Bertz CT molecular complexity index is 1060. The van der Waals surface area contributed by atoms with Crippen LogP contribution in [0.2, 0.25) is 5.02 Å². The Balaban J connectivity index is 1.47. The average Bonchev–Trinajstić information content (AvgIpc) is 3.48. The van der Waals surface area contributed by atoms with Gasteiger partial charge >= 0.3 is 0 Å². The number of halogens is 1. The van der Waals surface area contributed by atoms with Crippen molar-refractivity contribution in [2.45, 2.75) is 70.5 Å². The molecule has 9 heteroatoms. The van der Waals surface area contributed by atoms with Crippen LogP contribution in [0.4, 0.5) is 0 Å². The largest absolute Gasteiger partial charge is 0.351 e. The topological polar surface area (TPSA) is 96.3 Å². The van der Waals surface area contributed by atoms with Crippen LogP contribution in [0.25, 0.3) is 0 Å². The van der Waals surface area contributed by atoms with Crippen LogP contribution in [0, 0.1) is 0 Å². The summed E-state index contributed by atoms with van der Waals surface area (Å²) in [6.07, 6.45) is 5.54. The van der Waals surface area contributed by atoms with Gasteiger partial charge in [-0.2, -0.15) is 5.10 Å². The number of benzene rings is 1. The van der Waals surface area contributed by atoms with Crippen molar-refractivity contribution in [1.29, 1.82) is 0 Å². The lowest BCUT2D eigenvalue weighted by atomic mass is 9.94. The molecule has 1 saturated carbocycles. The molecule has 1 aromatic carbocycles. The van der Waals surface area contributed by atoms with Crippen LogP contribution < -0.4 is 10.6 Å². The van der Waals surface area contributed by atoms with Crippen molar-refractivity contribution in [3.63, 3.8) is 0 Å². The maximum atomic E-state index is 13.4. The number of aromatic nitrogens is 2. The number of carbonyl (C=O) groups excluding carboxylic acids is 3. The van der Waals surface area contributed by atoms with E-state index in [4.69, 9.17) is 11.6 Å². The summed E-state index contributed by atoms with van der Waals surface area (Å²) in [5.74, 6) is -0.774. The number of rotatable bonds is 8. The van der Waals surface area contributed by atoms with Gasteiger partial charge in [-0.3, -0.25) is 19.1 Å². The van der Waals surface area contributed by atoms with Gasteiger partial charge < -0.3 is 15.5 Å². The number of amides is 3. The molecule has 1 aliphatic carbocycles. The minimum absolute atomic E-state index is 0.156. The van der Waals surface area contributed by atoms with E-state index >= 15 is 0 Å². The van der Waals surface area contributed by atoms with Crippen LogP contribution in [0.1, 0.15) is 72.5 Å². The molecule has 3 amide bonds. The molecule has 0 bridgehead atoms. The molecule has 0 unspecified atom stereocenters. The Kier molecular flexibility index (Phi) is 7.26. The van der Waals surface area contributed by atoms with Crippen molar-refractivity contribution in [2.75, 3.05) is 13.1 Å². The number of nitrogens with one attached hydrogen (secondary N) is 2. The minimum atomic E-state index is -1.06. The summed E-state index contributed by atoms with van der Waals surface area (Å²) >= 11 is 5.91. The van der Waals surface area contributed by atoms with Gasteiger partial charge in [0, 0.05) is 30.2 Å². The number of carbonyl (C=O) groups is 3. The molecule has 0 saturated heterocycles. The fourth-order valence-electron chi connectivity index (χ4n) is 4.80. The molecule has 1 fully saturated rings. The van der Waals surface area contributed by atoms with E-state index in [0.717, 1.165) is 37.7 Å². The zero-order valence-electron chi connectivity index (χ0n) is 19.8. The van der Waals surface area contributed by atoms with Crippen LogP contribution in [0.3, 0.4) is 0 Å². The van der Waals surface area contributed by atoms with E-state index in [1.54, 1.807) is 11.8 Å². The first-order valence-electron chi connectivity index (χ1n) is 12.0. The summed E-state index contributed by atoms with van der Waals surface area (Å²) in [7, 11) is 0. The van der Waals surface area contributed by atoms with E-state index in [1.807, 2.05) is 31.2 Å². The normalized spacial score (nSPS) is 20.3. The predicted molar refractivity (Wildman–Crippen MR) is 130 cm³/mol. The summed E-state index contributed by atoms with van der Waals surface area (Å²) in [4.78, 5) is 41.1. The highest BCUT2D eigenvalue weighted by Crippen LogP contribution is 2.29. The van der Waals surface area contributed by atoms with Crippen LogP contribution in [0.15, 0.2) is 30.3 Å². The molecule has 1 aromatic heterocycles. The third-order valence-corrected chi connectivity index (χ3v) is 7.02. The number of hydrogen-bond donors (Lipinski definition) is 2. The van der Waals surface area contributed by atoms with Crippen molar-refractivity contribution >= 4 is 29.3 Å². The second-order valence-electron chi connectivity index (χ2n) is 9.39. The van der Waals surface area contributed by atoms with E-state index in [1.165, 1.54) is 10.7 Å². The maximum absolute atomic E-state index is 13.4. The van der Waals surface area contributed by atoms with E-state index in [9.17, 15) is 14.4 Å². The minimum Gasteiger partial charge on any atom is -0.351 e. The molecule has 2 heterocycles. The molecule has 8 nitrogen and oxygen atoms in total. The lowest BCUT2D eigenvalue weighted by molar-refractivity contribution is -0.133. The molecule has 2 aliphatic rings.